The van der Waals surface area contributed by atoms with Crippen molar-refractivity contribution in [2.75, 3.05) is 13.1 Å². The Bertz CT molecular complexity index is 408. The minimum Gasteiger partial charge on any atom is -0.311 e. The van der Waals surface area contributed by atoms with E-state index in [0.29, 0.717) is 17.5 Å². The lowest BCUT2D eigenvalue weighted by Crippen LogP contribution is -2.59. The van der Waals surface area contributed by atoms with Crippen LogP contribution >= 0.6 is 15.9 Å². The van der Waals surface area contributed by atoms with E-state index in [4.69, 9.17) is 0 Å². The number of nitrogens with one attached hydrogen (secondary N) is 1. The fourth-order valence-electron chi connectivity index (χ4n) is 2.55. The van der Waals surface area contributed by atoms with Crippen LogP contribution in [0.4, 0.5) is 0 Å². The molecule has 0 bridgehead atoms. The summed E-state index contributed by atoms with van der Waals surface area (Å²) in [6.07, 6.45) is 0. The third-order valence-electron chi connectivity index (χ3n) is 4.04. The van der Waals surface area contributed by atoms with Crippen LogP contribution in [0.15, 0.2) is 28.7 Å². The largest absolute Gasteiger partial charge is 0.311 e. The Morgan fingerprint density at radius 2 is 1.89 bits per heavy atom. The third-order valence-corrected chi connectivity index (χ3v) is 4.57. The Labute approximate surface area is 125 Å². The first-order valence-corrected chi connectivity index (χ1v) is 7.87. The molecule has 2 atom stereocenters. The molecule has 0 aromatic heterocycles. The molecule has 1 N–H and O–H groups in total. The first kappa shape index (κ1) is 15.0. The van der Waals surface area contributed by atoms with Crippen LogP contribution in [-0.2, 0) is 6.54 Å². The molecule has 1 aliphatic heterocycles. The average molecular weight is 325 g/mol. The number of piperazine rings is 1. The number of hydrogen-bond acceptors (Lipinski definition) is 2. The maximum atomic E-state index is 3.68. The van der Waals surface area contributed by atoms with Crippen LogP contribution in [0.1, 0.15) is 33.3 Å². The topological polar surface area (TPSA) is 15.3 Å². The highest BCUT2D eigenvalue weighted by molar-refractivity contribution is 9.10. The van der Waals surface area contributed by atoms with E-state index >= 15 is 0 Å². The molecule has 1 saturated heterocycles. The number of halogens is 1. The van der Waals surface area contributed by atoms with Crippen molar-refractivity contribution in [3.05, 3.63) is 34.3 Å². The Balaban J connectivity index is 2.03. The Morgan fingerprint density at radius 3 is 2.47 bits per heavy atom. The van der Waals surface area contributed by atoms with Crippen molar-refractivity contribution in [1.29, 1.82) is 0 Å². The van der Waals surface area contributed by atoms with Gasteiger partial charge in [-0.15, -0.1) is 0 Å². The fraction of sp³-hybridized carbons (Fsp3) is 0.625. The lowest BCUT2D eigenvalue weighted by molar-refractivity contribution is 0.0877. The lowest BCUT2D eigenvalue weighted by atomic mass is 9.84. The quantitative estimate of drug-likeness (QED) is 0.893. The first-order valence-electron chi connectivity index (χ1n) is 7.08. The maximum Gasteiger partial charge on any atom is 0.0244 e. The van der Waals surface area contributed by atoms with Crippen LogP contribution in [0.25, 0.3) is 0 Å². The van der Waals surface area contributed by atoms with Crippen LogP contribution in [0.2, 0.25) is 0 Å². The molecule has 0 radical (unpaired) electrons. The molecule has 19 heavy (non-hydrogen) atoms. The van der Waals surface area contributed by atoms with Crippen molar-refractivity contribution in [2.24, 2.45) is 5.41 Å². The first-order chi connectivity index (χ1) is 8.86. The Kier molecular flexibility index (Phi) is 4.70. The second-order valence-corrected chi connectivity index (χ2v) is 7.65. The fourth-order valence-corrected chi connectivity index (χ4v) is 2.81. The van der Waals surface area contributed by atoms with Crippen LogP contribution < -0.4 is 5.32 Å². The lowest BCUT2D eigenvalue weighted by Gasteiger charge is -2.44. The van der Waals surface area contributed by atoms with Gasteiger partial charge in [0.05, 0.1) is 0 Å². The summed E-state index contributed by atoms with van der Waals surface area (Å²) in [6, 6.07) is 9.85. The SMILES string of the molecule is CC1CNC(C(C)(C)C)CN1Cc1ccc(Br)cc1. The molecule has 1 fully saturated rings. The molecule has 1 heterocycles. The normalized spacial score (nSPS) is 25.5. The predicted molar refractivity (Wildman–Crippen MR) is 85.3 cm³/mol. The zero-order valence-electron chi connectivity index (χ0n) is 12.4. The minimum atomic E-state index is 0.318. The van der Waals surface area contributed by atoms with Crippen LogP contribution in [0.5, 0.6) is 0 Å². The van der Waals surface area contributed by atoms with E-state index in [-0.39, 0.29) is 0 Å². The Morgan fingerprint density at radius 1 is 1.26 bits per heavy atom. The van der Waals surface area contributed by atoms with E-state index in [1.54, 1.807) is 0 Å². The van der Waals surface area contributed by atoms with E-state index in [9.17, 15) is 0 Å². The molecule has 3 heteroatoms. The summed E-state index contributed by atoms with van der Waals surface area (Å²) in [4.78, 5) is 2.59. The second kappa shape index (κ2) is 5.94. The molecular weight excluding hydrogens is 300 g/mol. The van der Waals surface area contributed by atoms with Gasteiger partial charge in [-0.2, -0.15) is 0 Å². The molecule has 2 rings (SSSR count). The Hall–Kier alpha value is -0.380. The maximum absolute atomic E-state index is 3.68. The highest BCUT2D eigenvalue weighted by Gasteiger charge is 2.32. The van der Waals surface area contributed by atoms with Crippen molar-refractivity contribution >= 4 is 15.9 Å². The molecule has 0 saturated carbocycles. The molecule has 0 aliphatic carbocycles. The van der Waals surface area contributed by atoms with Gasteiger partial charge in [0.1, 0.15) is 0 Å². The molecule has 2 unspecified atom stereocenters. The smallest absolute Gasteiger partial charge is 0.0244 e. The van der Waals surface area contributed by atoms with E-state index in [1.165, 1.54) is 5.56 Å². The summed E-state index contributed by atoms with van der Waals surface area (Å²) in [5.41, 5.74) is 1.71. The van der Waals surface area contributed by atoms with E-state index < -0.39 is 0 Å². The standard InChI is InChI=1S/C16H25BrN2/c1-12-9-18-15(16(2,3)4)11-19(12)10-13-5-7-14(17)8-6-13/h5-8,12,15,18H,9-11H2,1-4H3. The highest BCUT2D eigenvalue weighted by atomic mass is 79.9. The molecule has 1 aliphatic rings. The summed E-state index contributed by atoms with van der Waals surface area (Å²) < 4.78 is 1.15. The number of benzene rings is 1. The molecular formula is C16H25BrN2. The summed E-state index contributed by atoms with van der Waals surface area (Å²) in [5, 5.41) is 3.68. The van der Waals surface area contributed by atoms with Gasteiger partial charge in [-0.05, 0) is 30.0 Å². The van der Waals surface area contributed by atoms with Crippen LogP contribution in [0, 0.1) is 5.41 Å². The monoisotopic (exact) mass is 324 g/mol. The van der Waals surface area contributed by atoms with Crippen molar-refractivity contribution in [2.45, 2.75) is 46.3 Å². The van der Waals surface area contributed by atoms with Gasteiger partial charge in [0.15, 0.2) is 0 Å². The number of nitrogens with zero attached hydrogens (tertiary/aromatic N) is 1. The van der Waals surface area contributed by atoms with Gasteiger partial charge in [-0.25, -0.2) is 0 Å². The molecule has 2 nitrogen and oxygen atoms in total. The van der Waals surface area contributed by atoms with Gasteiger partial charge < -0.3 is 5.32 Å². The van der Waals surface area contributed by atoms with Gasteiger partial charge in [-0.1, -0.05) is 48.8 Å². The van der Waals surface area contributed by atoms with Crippen molar-refractivity contribution in [3.8, 4) is 0 Å². The average Bonchev–Trinajstić information content (AvgIpc) is 2.33. The predicted octanol–water partition coefficient (Wildman–Crippen LogP) is 3.66. The van der Waals surface area contributed by atoms with Crippen molar-refractivity contribution in [3.63, 3.8) is 0 Å². The second-order valence-electron chi connectivity index (χ2n) is 6.73. The zero-order valence-corrected chi connectivity index (χ0v) is 14.0. The van der Waals surface area contributed by atoms with Crippen LogP contribution in [0.3, 0.4) is 0 Å². The third kappa shape index (κ3) is 4.04. The van der Waals surface area contributed by atoms with Crippen molar-refractivity contribution < 1.29 is 0 Å². The summed E-state index contributed by atoms with van der Waals surface area (Å²) in [6.45, 7) is 12.5. The van der Waals surface area contributed by atoms with Gasteiger partial charge >= 0.3 is 0 Å². The number of rotatable bonds is 2. The summed E-state index contributed by atoms with van der Waals surface area (Å²) in [5.74, 6) is 0. The molecule has 0 amide bonds. The molecule has 1 aromatic rings. The van der Waals surface area contributed by atoms with Gasteiger partial charge in [0.2, 0.25) is 0 Å². The van der Waals surface area contributed by atoms with E-state index in [1.807, 2.05) is 0 Å². The van der Waals surface area contributed by atoms with Crippen molar-refractivity contribution in [1.82, 2.24) is 10.2 Å². The summed E-state index contributed by atoms with van der Waals surface area (Å²) >= 11 is 3.49. The van der Waals surface area contributed by atoms with E-state index in [2.05, 4.69) is 78.1 Å². The highest BCUT2D eigenvalue weighted by Crippen LogP contribution is 2.24. The molecule has 0 spiro atoms. The summed E-state index contributed by atoms with van der Waals surface area (Å²) in [7, 11) is 0. The zero-order chi connectivity index (χ0) is 14.0. The molecule has 1 aromatic carbocycles. The van der Waals surface area contributed by atoms with Crippen LogP contribution in [-0.4, -0.2) is 30.1 Å². The van der Waals surface area contributed by atoms with Gasteiger partial charge in [0.25, 0.3) is 0 Å². The number of hydrogen-bond donors (Lipinski definition) is 1. The minimum absolute atomic E-state index is 0.318. The van der Waals surface area contributed by atoms with E-state index in [0.717, 1.165) is 24.1 Å². The molecule has 106 valence electrons. The van der Waals surface area contributed by atoms with Gasteiger partial charge in [-0.3, -0.25) is 4.90 Å². The van der Waals surface area contributed by atoms with Gasteiger partial charge in [0, 0.05) is 36.2 Å².